The first-order valence-corrected chi connectivity index (χ1v) is 9.03. The van der Waals surface area contributed by atoms with E-state index in [4.69, 9.17) is 23.2 Å². The fraction of sp³-hybridized carbons (Fsp3) is 0.263. The van der Waals surface area contributed by atoms with E-state index in [-0.39, 0.29) is 11.9 Å². The molecule has 2 aromatic rings. The molecule has 0 radical (unpaired) electrons. The lowest BCUT2D eigenvalue weighted by molar-refractivity contribution is -0.123. The highest BCUT2D eigenvalue weighted by Gasteiger charge is 2.35. The summed E-state index contributed by atoms with van der Waals surface area (Å²) in [5.74, 6) is -0.159. The summed E-state index contributed by atoms with van der Waals surface area (Å²) >= 11 is 12.0. The molecular formula is C19H19Cl2N3O2. The maximum atomic E-state index is 12.8. The average molecular weight is 392 g/mol. The molecule has 0 spiro atoms. The number of nitrogens with one attached hydrogen (secondary N) is 1. The number of carbonyl (C=O) groups is 2. The number of piperazine rings is 1. The van der Waals surface area contributed by atoms with E-state index in [1.807, 2.05) is 31.2 Å². The first kappa shape index (κ1) is 18.5. The molecule has 0 aromatic heterocycles. The lowest BCUT2D eigenvalue weighted by Gasteiger charge is -2.39. The summed E-state index contributed by atoms with van der Waals surface area (Å²) in [7, 11) is 0. The Morgan fingerprint density at radius 3 is 2.42 bits per heavy atom. The molecule has 1 heterocycles. The minimum atomic E-state index is -0.580. The van der Waals surface area contributed by atoms with Crippen LogP contribution in [0.5, 0.6) is 0 Å². The van der Waals surface area contributed by atoms with Gasteiger partial charge in [0.1, 0.15) is 6.04 Å². The Labute approximate surface area is 162 Å². The number of nitrogens with zero attached hydrogens (tertiary/aromatic N) is 2. The molecule has 26 heavy (non-hydrogen) atoms. The second-order valence-electron chi connectivity index (χ2n) is 6.25. The van der Waals surface area contributed by atoms with Crippen molar-refractivity contribution >= 4 is 46.5 Å². The Bertz CT molecular complexity index is 839. The fourth-order valence-corrected chi connectivity index (χ4v) is 3.18. The van der Waals surface area contributed by atoms with Crippen LogP contribution in [0.15, 0.2) is 42.5 Å². The van der Waals surface area contributed by atoms with Crippen molar-refractivity contribution in [3.63, 3.8) is 0 Å². The van der Waals surface area contributed by atoms with Gasteiger partial charge in [-0.15, -0.1) is 0 Å². The molecule has 2 aromatic carbocycles. The van der Waals surface area contributed by atoms with Crippen LogP contribution in [0, 0.1) is 6.92 Å². The highest BCUT2D eigenvalue weighted by Crippen LogP contribution is 2.29. The lowest BCUT2D eigenvalue weighted by atomic mass is 10.1. The summed E-state index contributed by atoms with van der Waals surface area (Å²) in [4.78, 5) is 28.5. The molecule has 7 heteroatoms. The summed E-state index contributed by atoms with van der Waals surface area (Å²) < 4.78 is 0. The Kier molecular flexibility index (Phi) is 5.39. The van der Waals surface area contributed by atoms with Crippen LogP contribution in [0.3, 0.4) is 0 Å². The van der Waals surface area contributed by atoms with Crippen molar-refractivity contribution in [2.75, 3.05) is 23.3 Å². The minimum Gasteiger partial charge on any atom is -0.311 e. The normalized spacial score (nSPS) is 17.4. The summed E-state index contributed by atoms with van der Waals surface area (Å²) in [6.45, 7) is 4.52. The largest absolute Gasteiger partial charge is 0.322 e. The van der Waals surface area contributed by atoms with E-state index in [0.29, 0.717) is 34.5 Å². The second-order valence-corrected chi connectivity index (χ2v) is 7.07. The highest BCUT2D eigenvalue weighted by atomic mass is 35.5. The SMILES string of the molecule is Cc1ccc(NC(=O)N2CCN(c3ccc(Cl)c(Cl)c3)C(=O)[C@@H]2C)cc1. The zero-order valence-electron chi connectivity index (χ0n) is 14.5. The number of amides is 3. The van der Waals surface area contributed by atoms with Gasteiger partial charge in [0.25, 0.3) is 0 Å². The smallest absolute Gasteiger partial charge is 0.311 e. The van der Waals surface area contributed by atoms with Crippen molar-refractivity contribution in [1.29, 1.82) is 0 Å². The number of benzene rings is 2. The number of aryl methyl sites for hydroxylation is 1. The molecule has 5 nitrogen and oxygen atoms in total. The van der Waals surface area contributed by atoms with Crippen LogP contribution in [-0.4, -0.2) is 36.0 Å². The van der Waals surface area contributed by atoms with Crippen LogP contribution in [0.25, 0.3) is 0 Å². The molecule has 0 bridgehead atoms. The molecule has 3 rings (SSSR count). The maximum Gasteiger partial charge on any atom is 0.322 e. The zero-order chi connectivity index (χ0) is 18.8. The molecule has 1 saturated heterocycles. The van der Waals surface area contributed by atoms with Gasteiger partial charge in [-0.3, -0.25) is 4.79 Å². The minimum absolute atomic E-state index is 0.159. The number of urea groups is 1. The molecule has 1 aliphatic heterocycles. The van der Waals surface area contributed by atoms with E-state index in [1.54, 1.807) is 30.0 Å². The van der Waals surface area contributed by atoms with Gasteiger partial charge in [0, 0.05) is 24.5 Å². The molecule has 0 unspecified atom stereocenters. The van der Waals surface area contributed by atoms with Crippen LogP contribution < -0.4 is 10.2 Å². The average Bonchev–Trinajstić information content (AvgIpc) is 2.61. The van der Waals surface area contributed by atoms with Gasteiger partial charge >= 0.3 is 6.03 Å². The van der Waals surface area contributed by atoms with Gasteiger partial charge in [0.05, 0.1) is 10.0 Å². The number of anilines is 2. The van der Waals surface area contributed by atoms with Crippen molar-refractivity contribution in [2.45, 2.75) is 19.9 Å². The summed E-state index contributed by atoms with van der Waals surface area (Å²) in [5, 5.41) is 3.67. The Morgan fingerprint density at radius 1 is 1.08 bits per heavy atom. The van der Waals surface area contributed by atoms with Gasteiger partial charge in [-0.05, 0) is 44.2 Å². The molecule has 3 amide bonds. The van der Waals surface area contributed by atoms with Crippen LogP contribution in [0.2, 0.25) is 10.0 Å². The fourth-order valence-electron chi connectivity index (χ4n) is 2.89. The van der Waals surface area contributed by atoms with Gasteiger partial charge in [-0.2, -0.15) is 0 Å². The summed E-state index contributed by atoms with van der Waals surface area (Å²) in [6.07, 6.45) is 0. The topological polar surface area (TPSA) is 52.7 Å². The van der Waals surface area contributed by atoms with Gasteiger partial charge in [-0.1, -0.05) is 40.9 Å². The van der Waals surface area contributed by atoms with Crippen molar-refractivity contribution in [2.24, 2.45) is 0 Å². The molecule has 0 aliphatic carbocycles. The lowest BCUT2D eigenvalue weighted by Crippen LogP contribution is -2.58. The molecule has 1 atom stereocenters. The molecule has 1 aliphatic rings. The van der Waals surface area contributed by atoms with E-state index >= 15 is 0 Å². The van der Waals surface area contributed by atoms with Gasteiger partial charge in [0.15, 0.2) is 0 Å². The number of hydrogen-bond acceptors (Lipinski definition) is 2. The van der Waals surface area contributed by atoms with E-state index in [0.717, 1.165) is 5.56 Å². The van der Waals surface area contributed by atoms with E-state index < -0.39 is 6.04 Å². The third-order valence-corrected chi connectivity index (χ3v) is 5.17. The molecule has 1 N–H and O–H groups in total. The van der Waals surface area contributed by atoms with Gasteiger partial charge in [0.2, 0.25) is 5.91 Å². The van der Waals surface area contributed by atoms with E-state index in [1.165, 1.54) is 4.90 Å². The molecular weight excluding hydrogens is 373 g/mol. The molecule has 136 valence electrons. The van der Waals surface area contributed by atoms with Gasteiger partial charge in [-0.25, -0.2) is 4.79 Å². The van der Waals surface area contributed by atoms with Crippen LogP contribution in [0.1, 0.15) is 12.5 Å². The van der Waals surface area contributed by atoms with Crippen molar-refractivity contribution in [3.05, 3.63) is 58.1 Å². The first-order valence-electron chi connectivity index (χ1n) is 8.27. The van der Waals surface area contributed by atoms with Crippen molar-refractivity contribution in [1.82, 2.24) is 4.90 Å². The van der Waals surface area contributed by atoms with E-state index in [9.17, 15) is 9.59 Å². The van der Waals surface area contributed by atoms with Gasteiger partial charge < -0.3 is 15.1 Å². The van der Waals surface area contributed by atoms with Crippen LogP contribution >= 0.6 is 23.2 Å². The summed E-state index contributed by atoms with van der Waals surface area (Å²) in [5.41, 5.74) is 2.49. The third kappa shape index (κ3) is 3.79. The Hall–Kier alpha value is -2.24. The monoisotopic (exact) mass is 391 g/mol. The molecule has 1 fully saturated rings. The van der Waals surface area contributed by atoms with Crippen LogP contribution in [-0.2, 0) is 4.79 Å². The van der Waals surface area contributed by atoms with Crippen molar-refractivity contribution < 1.29 is 9.59 Å². The maximum absolute atomic E-state index is 12.8. The predicted octanol–water partition coefficient (Wildman–Crippen LogP) is 4.57. The number of halogens is 2. The number of rotatable bonds is 2. The van der Waals surface area contributed by atoms with Crippen molar-refractivity contribution in [3.8, 4) is 0 Å². The number of hydrogen-bond donors (Lipinski definition) is 1. The standard InChI is InChI=1S/C19H19Cl2N3O2/c1-12-3-5-14(6-4-12)22-19(26)23-9-10-24(18(25)13(23)2)15-7-8-16(20)17(21)11-15/h3-8,11,13H,9-10H2,1-2H3,(H,22,26)/t13-/m0/s1. The van der Waals surface area contributed by atoms with Crippen LogP contribution in [0.4, 0.5) is 16.2 Å². The third-order valence-electron chi connectivity index (χ3n) is 4.43. The summed E-state index contributed by atoms with van der Waals surface area (Å²) in [6, 6.07) is 11.7. The zero-order valence-corrected chi connectivity index (χ0v) is 16.0. The van der Waals surface area contributed by atoms with E-state index in [2.05, 4.69) is 5.32 Å². The predicted molar refractivity (Wildman–Crippen MR) is 105 cm³/mol. The number of carbonyl (C=O) groups excluding carboxylic acids is 2. The highest BCUT2D eigenvalue weighted by molar-refractivity contribution is 6.42. The Balaban J connectivity index is 1.71. The second kappa shape index (κ2) is 7.56. The quantitative estimate of drug-likeness (QED) is 0.814. The Morgan fingerprint density at radius 2 is 1.77 bits per heavy atom. The first-order chi connectivity index (χ1) is 12.4. The molecule has 0 saturated carbocycles.